The first-order valence-electron chi connectivity index (χ1n) is 7.02. The van der Waals surface area contributed by atoms with Crippen molar-refractivity contribution in [3.8, 4) is 22.9 Å². The molecule has 3 rings (SSSR count). The molecule has 0 saturated heterocycles. The smallest absolute Gasteiger partial charge is 0.248 e. The number of methoxy groups -OCH3 is 2. The van der Waals surface area contributed by atoms with Crippen LogP contribution in [0.4, 0.5) is 5.69 Å². The molecule has 0 aliphatic heterocycles. The number of benzene rings is 1. The molecule has 0 bridgehead atoms. The summed E-state index contributed by atoms with van der Waals surface area (Å²) >= 11 is 1.55. The highest BCUT2D eigenvalue weighted by Crippen LogP contribution is 2.29. The van der Waals surface area contributed by atoms with Gasteiger partial charge in [-0.15, -0.1) is 10.2 Å². The molecule has 9 heteroatoms. The van der Waals surface area contributed by atoms with Crippen LogP contribution in [0.1, 0.15) is 0 Å². The van der Waals surface area contributed by atoms with Gasteiger partial charge < -0.3 is 14.8 Å². The number of thiophene rings is 1. The third-order valence-electron chi connectivity index (χ3n) is 3.18. The van der Waals surface area contributed by atoms with Crippen LogP contribution in [-0.4, -0.2) is 40.3 Å². The summed E-state index contributed by atoms with van der Waals surface area (Å²) in [4.78, 5) is 13.4. The van der Waals surface area contributed by atoms with E-state index in [-0.39, 0.29) is 12.5 Å². The third kappa shape index (κ3) is 3.51. The van der Waals surface area contributed by atoms with Gasteiger partial charge in [0.05, 0.1) is 14.2 Å². The van der Waals surface area contributed by atoms with Gasteiger partial charge in [0.2, 0.25) is 11.7 Å². The second-order valence-corrected chi connectivity index (χ2v) is 5.55. The standard InChI is InChI=1S/C15H15N5O3S/c1-22-12-4-3-11(7-13(12)23-2)16-14(21)8-20-18-15(17-19-20)10-5-6-24-9-10/h3-7,9H,8H2,1-2H3,(H,16,21). The molecule has 0 atom stereocenters. The van der Waals surface area contributed by atoms with Gasteiger partial charge in [-0.2, -0.15) is 16.1 Å². The maximum Gasteiger partial charge on any atom is 0.248 e. The maximum absolute atomic E-state index is 12.1. The third-order valence-corrected chi connectivity index (χ3v) is 3.87. The van der Waals surface area contributed by atoms with Crippen LogP contribution in [0, 0.1) is 0 Å². The first kappa shape index (κ1) is 15.9. The lowest BCUT2D eigenvalue weighted by atomic mass is 10.2. The average Bonchev–Trinajstić information content (AvgIpc) is 3.25. The molecule has 8 nitrogen and oxygen atoms in total. The van der Waals surface area contributed by atoms with Gasteiger partial charge in [-0.1, -0.05) is 0 Å². The van der Waals surface area contributed by atoms with E-state index in [9.17, 15) is 4.79 Å². The summed E-state index contributed by atoms with van der Waals surface area (Å²) in [6, 6.07) is 7.03. The molecule has 1 aromatic carbocycles. The fourth-order valence-corrected chi connectivity index (χ4v) is 2.69. The fourth-order valence-electron chi connectivity index (χ4n) is 2.06. The van der Waals surface area contributed by atoms with Crippen molar-refractivity contribution < 1.29 is 14.3 Å². The van der Waals surface area contributed by atoms with Crippen LogP contribution in [0.3, 0.4) is 0 Å². The molecule has 0 radical (unpaired) electrons. The number of anilines is 1. The van der Waals surface area contributed by atoms with Crippen LogP contribution in [0.15, 0.2) is 35.0 Å². The molecular weight excluding hydrogens is 330 g/mol. The minimum atomic E-state index is -0.267. The largest absolute Gasteiger partial charge is 0.493 e. The Morgan fingerprint density at radius 1 is 1.25 bits per heavy atom. The molecule has 0 fully saturated rings. The Balaban J connectivity index is 1.65. The normalized spacial score (nSPS) is 10.4. The van der Waals surface area contributed by atoms with Crippen molar-refractivity contribution >= 4 is 22.9 Å². The predicted octanol–water partition coefficient (Wildman–Crippen LogP) is 2.06. The Labute approximate surface area is 142 Å². The molecular formula is C15H15N5O3S. The Hall–Kier alpha value is -2.94. The highest BCUT2D eigenvalue weighted by Gasteiger charge is 2.11. The summed E-state index contributed by atoms with van der Waals surface area (Å²) in [5.74, 6) is 1.36. The van der Waals surface area contributed by atoms with Crippen molar-refractivity contribution in [1.29, 1.82) is 0 Å². The van der Waals surface area contributed by atoms with Crippen LogP contribution >= 0.6 is 11.3 Å². The lowest BCUT2D eigenvalue weighted by molar-refractivity contribution is -0.117. The van der Waals surface area contributed by atoms with E-state index in [0.29, 0.717) is 23.0 Å². The number of hydrogen-bond donors (Lipinski definition) is 1. The highest BCUT2D eigenvalue weighted by atomic mass is 32.1. The number of carbonyl (C=O) groups excluding carboxylic acids is 1. The van der Waals surface area contributed by atoms with Gasteiger partial charge in [0.1, 0.15) is 6.54 Å². The molecule has 124 valence electrons. The predicted molar refractivity (Wildman–Crippen MR) is 89.3 cm³/mol. The van der Waals surface area contributed by atoms with Gasteiger partial charge in [-0.25, -0.2) is 0 Å². The number of amides is 1. The van der Waals surface area contributed by atoms with E-state index in [4.69, 9.17) is 9.47 Å². The number of ether oxygens (including phenoxy) is 2. The minimum Gasteiger partial charge on any atom is -0.493 e. The molecule has 0 spiro atoms. The second kappa shape index (κ2) is 7.09. The SMILES string of the molecule is COc1ccc(NC(=O)Cn2nnc(-c3ccsc3)n2)cc1OC. The van der Waals surface area contributed by atoms with Gasteiger partial charge in [-0.05, 0) is 28.8 Å². The first-order valence-corrected chi connectivity index (χ1v) is 7.96. The van der Waals surface area contributed by atoms with E-state index in [1.807, 2.05) is 16.8 Å². The van der Waals surface area contributed by atoms with E-state index in [1.165, 1.54) is 11.9 Å². The van der Waals surface area contributed by atoms with Crippen molar-refractivity contribution in [2.45, 2.75) is 6.54 Å². The van der Waals surface area contributed by atoms with E-state index in [1.54, 1.807) is 36.6 Å². The lowest BCUT2D eigenvalue weighted by Crippen LogP contribution is -2.20. The van der Waals surface area contributed by atoms with Crippen molar-refractivity contribution in [3.05, 3.63) is 35.0 Å². The van der Waals surface area contributed by atoms with E-state index in [2.05, 4.69) is 20.7 Å². The summed E-state index contributed by atoms with van der Waals surface area (Å²) in [5, 5.41) is 18.6. The number of tetrazole rings is 1. The lowest BCUT2D eigenvalue weighted by Gasteiger charge is -2.10. The van der Waals surface area contributed by atoms with Crippen LogP contribution in [0.25, 0.3) is 11.4 Å². The monoisotopic (exact) mass is 345 g/mol. The van der Waals surface area contributed by atoms with Crippen LogP contribution < -0.4 is 14.8 Å². The van der Waals surface area contributed by atoms with Crippen molar-refractivity contribution in [2.24, 2.45) is 0 Å². The number of rotatable bonds is 6. The van der Waals surface area contributed by atoms with Gasteiger partial charge in [0.25, 0.3) is 0 Å². The second-order valence-electron chi connectivity index (χ2n) is 4.77. The first-order chi connectivity index (χ1) is 11.7. The number of hydrogen-bond acceptors (Lipinski definition) is 7. The van der Waals surface area contributed by atoms with Crippen LogP contribution in [-0.2, 0) is 11.3 Å². The summed E-state index contributed by atoms with van der Waals surface area (Å²) in [6.45, 7) is -0.0362. The molecule has 3 aromatic rings. The number of aromatic nitrogens is 4. The van der Waals surface area contributed by atoms with E-state index < -0.39 is 0 Å². The van der Waals surface area contributed by atoms with Crippen molar-refractivity contribution in [2.75, 3.05) is 19.5 Å². The fraction of sp³-hybridized carbons (Fsp3) is 0.200. The highest BCUT2D eigenvalue weighted by molar-refractivity contribution is 7.08. The number of nitrogens with zero attached hydrogens (tertiary/aromatic N) is 4. The Bertz CT molecular complexity index is 832. The Morgan fingerprint density at radius 2 is 2.08 bits per heavy atom. The molecule has 0 aliphatic carbocycles. The quantitative estimate of drug-likeness (QED) is 0.735. The molecule has 0 aliphatic rings. The molecule has 24 heavy (non-hydrogen) atoms. The van der Waals surface area contributed by atoms with Gasteiger partial charge in [0, 0.05) is 22.7 Å². The number of carbonyl (C=O) groups is 1. The molecule has 1 N–H and O–H groups in total. The average molecular weight is 345 g/mol. The van der Waals surface area contributed by atoms with E-state index in [0.717, 1.165) is 5.56 Å². The molecule has 2 heterocycles. The molecule has 0 saturated carbocycles. The molecule has 1 amide bonds. The summed E-state index contributed by atoms with van der Waals surface area (Å²) < 4.78 is 10.4. The summed E-state index contributed by atoms with van der Waals surface area (Å²) in [7, 11) is 3.09. The van der Waals surface area contributed by atoms with Gasteiger partial charge in [0.15, 0.2) is 11.5 Å². The maximum atomic E-state index is 12.1. The number of nitrogens with one attached hydrogen (secondary N) is 1. The zero-order valence-electron chi connectivity index (χ0n) is 13.1. The molecule has 2 aromatic heterocycles. The van der Waals surface area contributed by atoms with Crippen LogP contribution in [0.5, 0.6) is 11.5 Å². The van der Waals surface area contributed by atoms with Crippen molar-refractivity contribution in [3.63, 3.8) is 0 Å². The van der Waals surface area contributed by atoms with Crippen molar-refractivity contribution in [1.82, 2.24) is 20.2 Å². The Morgan fingerprint density at radius 3 is 2.79 bits per heavy atom. The van der Waals surface area contributed by atoms with Crippen LogP contribution in [0.2, 0.25) is 0 Å². The van der Waals surface area contributed by atoms with Gasteiger partial charge in [-0.3, -0.25) is 4.79 Å². The van der Waals surface area contributed by atoms with Gasteiger partial charge >= 0.3 is 0 Å². The summed E-state index contributed by atoms with van der Waals surface area (Å²) in [6.07, 6.45) is 0. The summed E-state index contributed by atoms with van der Waals surface area (Å²) in [5.41, 5.74) is 1.47. The zero-order valence-corrected chi connectivity index (χ0v) is 13.9. The topological polar surface area (TPSA) is 91.2 Å². The zero-order chi connectivity index (χ0) is 16.9. The Kier molecular flexibility index (Phi) is 4.71. The minimum absolute atomic E-state index is 0.0362. The van der Waals surface area contributed by atoms with E-state index >= 15 is 0 Å². The molecule has 0 unspecified atom stereocenters.